The lowest BCUT2D eigenvalue weighted by atomic mass is 9.93. The van der Waals surface area contributed by atoms with Crippen molar-refractivity contribution in [2.45, 2.75) is 45.6 Å². The number of hydrogen-bond acceptors (Lipinski definition) is 3. The van der Waals surface area contributed by atoms with Crippen LogP contribution in [0.5, 0.6) is 0 Å². The molecule has 0 heterocycles. The van der Waals surface area contributed by atoms with Gasteiger partial charge in [-0.05, 0) is 37.1 Å². The third kappa shape index (κ3) is 3.33. The van der Waals surface area contributed by atoms with Crippen molar-refractivity contribution in [2.75, 3.05) is 11.9 Å². The zero-order valence-electron chi connectivity index (χ0n) is 11.5. The lowest BCUT2D eigenvalue weighted by Crippen LogP contribution is -2.40. The zero-order chi connectivity index (χ0) is 13.6. The summed E-state index contributed by atoms with van der Waals surface area (Å²) in [6.45, 7) is 6.08. The van der Waals surface area contributed by atoms with Crippen LogP contribution in [0.25, 0.3) is 0 Å². The van der Waals surface area contributed by atoms with E-state index in [4.69, 9.17) is 0 Å². The fraction of sp³-hybridized carbons (Fsp3) is 0.533. The molecule has 0 saturated heterocycles. The Morgan fingerprint density at radius 3 is 2.11 bits per heavy atom. The van der Waals surface area contributed by atoms with Gasteiger partial charge in [-0.15, -0.1) is 0 Å². The van der Waals surface area contributed by atoms with Crippen LogP contribution < -0.4 is 5.32 Å². The van der Waals surface area contributed by atoms with Crippen molar-refractivity contribution in [3.8, 4) is 0 Å². The maximum absolute atomic E-state index is 11.5. The molecule has 0 spiro atoms. The van der Waals surface area contributed by atoms with Gasteiger partial charge in [-0.3, -0.25) is 4.79 Å². The summed E-state index contributed by atoms with van der Waals surface area (Å²) in [7, 11) is 0. The maximum atomic E-state index is 11.5. The second-order valence-electron chi connectivity index (χ2n) is 4.62. The summed E-state index contributed by atoms with van der Waals surface area (Å²) < 4.78 is 0. The molecule has 0 aliphatic rings. The Bertz CT molecular complexity index is 372. The molecular formula is C15H23NO2. The number of aliphatic hydroxyl groups excluding tert-OH is 1. The monoisotopic (exact) mass is 249 g/mol. The molecule has 0 saturated carbocycles. The molecular weight excluding hydrogens is 226 g/mol. The van der Waals surface area contributed by atoms with Crippen LogP contribution in [-0.2, 0) is 0 Å². The molecule has 0 aliphatic carbocycles. The molecule has 2 N–H and O–H groups in total. The molecule has 0 aliphatic heterocycles. The topological polar surface area (TPSA) is 49.3 Å². The third-order valence-electron chi connectivity index (χ3n) is 3.59. The van der Waals surface area contributed by atoms with Crippen molar-refractivity contribution in [2.24, 2.45) is 0 Å². The van der Waals surface area contributed by atoms with E-state index in [0.717, 1.165) is 24.1 Å². The van der Waals surface area contributed by atoms with E-state index in [-0.39, 0.29) is 17.9 Å². The Kier molecular flexibility index (Phi) is 5.35. The lowest BCUT2D eigenvalue weighted by Gasteiger charge is -2.32. The Morgan fingerprint density at radius 2 is 1.72 bits per heavy atom. The van der Waals surface area contributed by atoms with Gasteiger partial charge in [0.25, 0.3) is 0 Å². The van der Waals surface area contributed by atoms with Gasteiger partial charge < -0.3 is 10.4 Å². The first-order valence-electron chi connectivity index (χ1n) is 6.63. The van der Waals surface area contributed by atoms with E-state index in [1.165, 1.54) is 0 Å². The molecule has 100 valence electrons. The standard InChI is InChI=1S/C15H23NO2/c1-4-14(18)12-7-9-13(10-8-12)16-15(5-2,6-3)11-17/h7-10,16-17H,4-6,11H2,1-3H3. The van der Waals surface area contributed by atoms with Gasteiger partial charge in [-0.25, -0.2) is 0 Å². The second-order valence-corrected chi connectivity index (χ2v) is 4.62. The smallest absolute Gasteiger partial charge is 0.162 e. The van der Waals surface area contributed by atoms with Gasteiger partial charge in [0.2, 0.25) is 0 Å². The number of Topliss-reactive ketones (excluding diaryl/α,β-unsaturated/α-hetero) is 1. The summed E-state index contributed by atoms with van der Waals surface area (Å²) in [6.07, 6.45) is 2.24. The van der Waals surface area contributed by atoms with Crippen LogP contribution in [0.3, 0.4) is 0 Å². The molecule has 3 nitrogen and oxygen atoms in total. The van der Waals surface area contributed by atoms with Crippen molar-refractivity contribution in [3.63, 3.8) is 0 Å². The number of hydrogen-bond donors (Lipinski definition) is 2. The van der Waals surface area contributed by atoms with Crippen molar-refractivity contribution >= 4 is 11.5 Å². The van der Waals surface area contributed by atoms with Crippen LogP contribution in [0.15, 0.2) is 24.3 Å². The van der Waals surface area contributed by atoms with E-state index in [2.05, 4.69) is 19.2 Å². The van der Waals surface area contributed by atoms with Crippen molar-refractivity contribution < 1.29 is 9.90 Å². The summed E-state index contributed by atoms with van der Waals surface area (Å²) >= 11 is 0. The van der Waals surface area contributed by atoms with Crippen LogP contribution in [0.4, 0.5) is 5.69 Å². The normalized spacial score (nSPS) is 11.3. The number of benzene rings is 1. The fourth-order valence-corrected chi connectivity index (χ4v) is 1.94. The molecule has 18 heavy (non-hydrogen) atoms. The quantitative estimate of drug-likeness (QED) is 0.729. The Hall–Kier alpha value is -1.35. The van der Waals surface area contributed by atoms with E-state index in [1.807, 2.05) is 31.2 Å². The second kappa shape index (κ2) is 6.55. The highest BCUT2D eigenvalue weighted by Gasteiger charge is 2.24. The van der Waals surface area contributed by atoms with Crippen LogP contribution >= 0.6 is 0 Å². The summed E-state index contributed by atoms with van der Waals surface area (Å²) in [5.74, 6) is 0.154. The summed E-state index contributed by atoms with van der Waals surface area (Å²) in [6, 6.07) is 7.47. The molecule has 0 fully saturated rings. The highest BCUT2D eigenvalue weighted by atomic mass is 16.3. The van der Waals surface area contributed by atoms with E-state index in [9.17, 15) is 9.90 Å². The maximum Gasteiger partial charge on any atom is 0.162 e. The Labute approximate surface area is 109 Å². The molecule has 0 radical (unpaired) electrons. The molecule has 0 amide bonds. The minimum Gasteiger partial charge on any atom is -0.394 e. The molecule has 0 aromatic heterocycles. The average Bonchev–Trinajstić information content (AvgIpc) is 2.45. The SMILES string of the molecule is CCC(=O)c1ccc(NC(CC)(CC)CO)cc1. The number of ketones is 1. The van der Waals surface area contributed by atoms with Gasteiger partial charge in [0.1, 0.15) is 0 Å². The van der Waals surface area contributed by atoms with Gasteiger partial charge in [0.15, 0.2) is 5.78 Å². The number of aliphatic hydroxyl groups is 1. The molecule has 0 bridgehead atoms. The number of carbonyl (C=O) groups excluding carboxylic acids is 1. The molecule has 0 atom stereocenters. The van der Waals surface area contributed by atoms with Crippen molar-refractivity contribution in [1.82, 2.24) is 0 Å². The Balaban J connectivity index is 2.83. The minimum atomic E-state index is -0.268. The summed E-state index contributed by atoms with van der Waals surface area (Å²) in [4.78, 5) is 11.5. The molecule has 1 aromatic rings. The summed E-state index contributed by atoms with van der Waals surface area (Å²) in [5, 5.41) is 12.9. The predicted molar refractivity (Wildman–Crippen MR) is 75.1 cm³/mol. The fourth-order valence-electron chi connectivity index (χ4n) is 1.94. The van der Waals surface area contributed by atoms with E-state index >= 15 is 0 Å². The van der Waals surface area contributed by atoms with E-state index in [1.54, 1.807) is 0 Å². The van der Waals surface area contributed by atoms with Crippen LogP contribution in [0, 0.1) is 0 Å². The third-order valence-corrected chi connectivity index (χ3v) is 3.59. The molecule has 0 unspecified atom stereocenters. The molecule has 1 aromatic carbocycles. The van der Waals surface area contributed by atoms with E-state index in [0.29, 0.717) is 6.42 Å². The van der Waals surface area contributed by atoms with Crippen LogP contribution in [0.1, 0.15) is 50.4 Å². The first kappa shape index (κ1) is 14.7. The molecule has 3 heteroatoms. The van der Waals surface area contributed by atoms with Crippen molar-refractivity contribution in [3.05, 3.63) is 29.8 Å². The van der Waals surface area contributed by atoms with Gasteiger partial charge in [-0.1, -0.05) is 20.8 Å². The highest BCUT2D eigenvalue weighted by molar-refractivity contribution is 5.96. The van der Waals surface area contributed by atoms with E-state index < -0.39 is 0 Å². The zero-order valence-corrected chi connectivity index (χ0v) is 11.5. The largest absolute Gasteiger partial charge is 0.394 e. The predicted octanol–water partition coefficient (Wildman–Crippen LogP) is 3.24. The number of anilines is 1. The number of nitrogens with one attached hydrogen (secondary N) is 1. The van der Waals surface area contributed by atoms with Gasteiger partial charge >= 0.3 is 0 Å². The van der Waals surface area contributed by atoms with Crippen LogP contribution in [-0.4, -0.2) is 23.0 Å². The van der Waals surface area contributed by atoms with Crippen LogP contribution in [0.2, 0.25) is 0 Å². The number of rotatable bonds is 7. The van der Waals surface area contributed by atoms with Gasteiger partial charge in [-0.2, -0.15) is 0 Å². The first-order chi connectivity index (χ1) is 8.60. The van der Waals surface area contributed by atoms with Gasteiger partial charge in [0.05, 0.1) is 12.1 Å². The van der Waals surface area contributed by atoms with Crippen molar-refractivity contribution in [1.29, 1.82) is 0 Å². The average molecular weight is 249 g/mol. The summed E-state index contributed by atoms with van der Waals surface area (Å²) in [5.41, 5.74) is 1.42. The molecule has 1 rings (SSSR count). The first-order valence-corrected chi connectivity index (χ1v) is 6.63. The lowest BCUT2D eigenvalue weighted by molar-refractivity contribution is 0.0988. The number of carbonyl (C=O) groups is 1. The highest BCUT2D eigenvalue weighted by Crippen LogP contribution is 2.22. The van der Waals surface area contributed by atoms with Gasteiger partial charge in [0, 0.05) is 17.7 Å². The minimum absolute atomic E-state index is 0.107. The Morgan fingerprint density at radius 1 is 1.17 bits per heavy atom.